The van der Waals surface area contributed by atoms with E-state index in [1.165, 1.54) is 64.6 Å². The lowest BCUT2D eigenvalue weighted by atomic mass is 9.80. The van der Waals surface area contributed by atoms with Crippen LogP contribution in [0, 0.1) is 0 Å². The zero-order valence-electron chi connectivity index (χ0n) is 13.3. The standard InChI is InChI=1S/C17H31N3O/c21-16-7-6-15(8-11-18-16)19-17(9-2-1-3-10-17)14-20-12-4-5-13-20/h15,19H,1-14H2,(H,18,21). The van der Waals surface area contributed by atoms with Crippen LogP contribution in [0.4, 0.5) is 0 Å². The highest BCUT2D eigenvalue weighted by atomic mass is 16.1. The maximum atomic E-state index is 11.5. The van der Waals surface area contributed by atoms with E-state index in [2.05, 4.69) is 15.5 Å². The van der Waals surface area contributed by atoms with E-state index >= 15 is 0 Å². The molecular formula is C17H31N3O. The zero-order chi connectivity index (χ0) is 14.5. The van der Waals surface area contributed by atoms with Gasteiger partial charge in [0.1, 0.15) is 0 Å². The Labute approximate surface area is 129 Å². The van der Waals surface area contributed by atoms with Crippen molar-refractivity contribution in [1.82, 2.24) is 15.5 Å². The minimum Gasteiger partial charge on any atom is -0.356 e. The van der Waals surface area contributed by atoms with Gasteiger partial charge in [-0.2, -0.15) is 0 Å². The summed E-state index contributed by atoms with van der Waals surface area (Å²) < 4.78 is 0. The number of hydrogen-bond donors (Lipinski definition) is 2. The predicted molar refractivity (Wildman–Crippen MR) is 85.3 cm³/mol. The quantitative estimate of drug-likeness (QED) is 0.834. The van der Waals surface area contributed by atoms with Gasteiger partial charge in [0.15, 0.2) is 0 Å². The summed E-state index contributed by atoms with van der Waals surface area (Å²) in [7, 11) is 0. The molecule has 1 saturated carbocycles. The van der Waals surface area contributed by atoms with Crippen LogP contribution in [0.3, 0.4) is 0 Å². The second-order valence-electron chi connectivity index (χ2n) is 7.34. The second-order valence-corrected chi connectivity index (χ2v) is 7.34. The molecule has 3 aliphatic rings. The van der Waals surface area contributed by atoms with Crippen molar-refractivity contribution in [1.29, 1.82) is 0 Å². The van der Waals surface area contributed by atoms with E-state index < -0.39 is 0 Å². The van der Waals surface area contributed by atoms with Crippen LogP contribution in [0.2, 0.25) is 0 Å². The second kappa shape index (κ2) is 7.10. The summed E-state index contributed by atoms with van der Waals surface area (Å²) in [6.45, 7) is 4.64. The maximum Gasteiger partial charge on any atom is 0.220 e. The molecule has 0 aromatic rings. The van der Waals surface area contributed by atoms with E-state index in [-0.39, 0.29) is 5.91 Å². The van der Waals surface area contributed by atoms with Crippen molar-refractivity contribution in [3.05, 3.63) is 0 Å². The van der Waals surface area contributed by atoms with Gasteiger partial charge in [-0.15, -0.1) is 0 Å². The number of nitrogens with one attached hydrogen (secondary N) is 2. The number of rotatable bonds is 4. The molecule has 4 nitrogen and oxygen atoms in total. The largest absolute Gasteiger partial charge is 0.356 e. The summed E-state index contributed by atoms with van der Waals surface area (Å²) in [5, 5.41) is 7.03. The molecule has 3 fully saturated rings. The van der Waals surface area contributed by atoms with Crippen LogP contribution in [-0.2, 0) is 4.79 Å². The number of carbonyl (C=O) groups is 1. The Morgan fingerprint density at radius 3 is 2.62 bits per heavy atom. The topological polar surface area (TPSA) is 44.4 Å². The van der Waals surface area contributed by atoms with Crippen LogP contribution in [0.25, 0.3) is 0 Å². The van der Waals surface area contributed by atoms with Gasteiger partial charge in [-0.05, 0) is 51.6 Å². The predicted octanol–water partition coefficient (Wildman–Crippen LogP) is 2.04. The highest BCUT2D eigenvalue weighted by Gasteiger charge is 2.36. The van der Waals surface area contributed by atoms with Crippen LogP contribution in [-0.4, -0.2) is 48.6 Å². The summed E-state index contributed by atoms with van der Waals surface area (Å²) in [5.41, 5.74) is 0.320. The SMILES string of the molecule is O=C1CCC(NC2(CN3CCCC3)CCCCC2)CCN1. The van der Waals surface area contributed by atoms with Crippen molar-refractivity contribution < 1.29 is 4.79 Å². The summed E-state index contributed by atoms with van der Waals surface area (Å²) in [5.74, 6) is 0.233. The van der Waals surface area contributed by atoms with Crippen molar-refractivity contribution in [3.63, 3.8) is 0 Å². The molecule has 0 aromatic heterocycles. The van der Waals surface area contributed by atoms with Crippen molar-refractivity contribution in [2.45, 2.75) is 75.8 Å². The Bertz CT molecular complexity index is 346. The first-order chi connectivity index (χ1) is 10.3. The maximum absolute atomic E-state index is 11.5. The third kappa shape index (κ3) is 4.19. The van der Waals surface area contributed by atoms with Crippen LogP contribution in [0.15, 0.2) is 0 Å². The molecule has 0 radical (unpaired) electrons. The van der Waals surface area contributed by atoms with Gasteiger partial charge < -0.3 is 15.5 Å². The highest BCUT2D eigenvalue weighted by Crippen LogP contribution is 2.31. The van der Waals surface area contributed by atoms with Crippen LogP contribution < -0.4 is 10.6 Å². The van der Waals surface area contributed by atoms with E-state index in [9.17, 15) is 4.79 Å². The summed E-state index contributed by atoms with van der Waals surface area (Å²) >= 11 is 0. The van der Waals surface area contributed by atoms with Gasteiger partial charge in [-0.1, -0.05) is 19.3 Å². The molecule has 2 aliphatic heterocycles. The lowest BCUT2D eigenvalue weighted by Crippen LogP contribution is -2.57. The number of hydrogen-bond acceptors (Lipinski definition) is 3. The molecule has 3 rings (SSSR count). The lowest BCUT2D eigenvalue weighted by molar-refractivity contribution is -0.120. The molecule has 2 heterocycles. The van der Waals surface area contributed by atoms with Gasteiger partial charge in [-0.3, -0.25) is 4.79 Å². The van der Waals surface area contributed by atoms with Gasteiger partial charge in [0.2, 0.25) is 5.91 Å². The first-order valence-electron chi connectivity index (χ1n) is 9.03. The molecule has 4 heteroatoms. The van der Waals surface area contributed by atoms with E-state index in [4.69, 9.17) is 0 Å². The first-order valence-corrected chi connectivity index (χ1v) is 9.03. The minimum atomic E-state index is 0.233. The Morgan fingerprint density at radius 2 is 1.86 bits per heavy atom. The normalized spacial score (nSPS) is 30.9. The molecule has 21 heavy (non-hydrogen) atoms. The Kier molecular flexibility index (Phi) is 5.17. The highest BCUT2D eigenvalue weighted by molar-refractivity contribution is 5.76. The molecule has 0 spiro atoms. The Morgan fingerprint density at radius 1 is 1.10 bits per heavy atom. The van der Waals surface area contributed by atoms with E-state index in [0.717, 1.165) is 19.4 Å². The minimum absolute atomic E-state index is 0.233. The molecule has 2 N–H and O–H groups in total. The van der Waals surface area contributed by atoms with Crippen molar-refractivity contribution in [2.75, 3.05) is 26.2 Å². The molecule has 0 bridgehead atoms. The first kappa shape index (κ1) is 15.3. The molecule has 1 atom stereocenters. The molecular weight excluding hydrogens is 262 g/mol. The number of carbonyl (C=O) groups excluding carboxylic acids is 1. The van der Waals surface area contributed by atoms with Gasteiger partial charge in [0, 0.05) is 31.1 Å². The van der Waals surface area contributed by atoms with Gasteiger partial charge in [0.25, 0.3) is 0 Å². The third-order valence-electron chi connectivity index (χ3n) is 5.58. The third-order valence-corrected chi connectivity index (χ3v) is 5.58. The summed E-state index contributed by atoms with van der Waals surface area (Å²) in [4.78, 5) is 14.2. The molecule has 120 valence electrons. The molecule has 1 amide bonds. The van der Waals surface area contributed by atoms with Crippen molar-refractivity contribution in [2.24, 2.45) is 0 Å². The van der Waals surface area contributed by atoms with E-state index in [0.29, 0.717) is 18.0 Å². The Balaban J connectivity index is 1.62. The zero-order valence-corrected chi connectivity index (χ0v) is 13.3. The summed E-state index contributed by atoms with van der Waals surface area (Å²) in [6.07, 6.45) is 12.3. The van der Waals surface area contributed by atoms with Crippen LogP contribution in [0.1, 0.15) is 64.2 Å². The molecule has 0 aromatic carbocycles. The average molecular weight is 293 g/mol. The Hall–Kier alpha value is -0.610. The molecule has 1 aliphatic carbocycles. The fourth-order valence-electron chi connectivity index (χ4n) is 4.45. The lowest BCUT2D eigenvalue weighted by Gasteiger charge is -2.43. The van der Waals surface area contributed by atoms with Gasteiger partial charge in [-0.25, -0.2) is 0 Å². The fraction of sp³-hybridized carbons (Fsp3) is 0.941. The fourth-order valence-corrected chi connectivity index (χ4v) is 4.45. The summed E-state index contributed by atoms with van der Waals surface area (Å²) in [6, 6.07) is 0.518. The molecule has 1 unspecified atom stereocenters. The van der Waals surface area contributed by atoms with E-state index in [1.54, 1.807) is 0 Å². The monoisotopic (exact) mass is 293 g/mol. The average Bonchev–Trinajstić information content (AvgIpc) is 2.90. The van der Waals surface area contributed by atoms with Crippen LogP contribution >= 0.6 is 0 Å². The number of amides is 1. The molecule has 2 saturated heterocycles. The number of nitrogens with zero attached hydrogens (tertiary/aromatic N) is 1. The smallest absolute Gasteiger partial charge is 0.220 e. The van der Waals surface area contributed by atoms with Crippen molar-refractivity contribution in [3.8, 4) is 0 Å². The van der Waals surface area contributed by atoms with E-state index in [1.807, 2.05) is 0 Å². The van der Waals surface area contributed by atoms with Gasteiger partial charge in [0.05, 0.1) is 0 Å². The van der Waals surface area contributed by atoms with Crippen molar-refractivity contribution >= 4 is 5.91 Å². The van der Waals surface area contributed by atoms with Crippen LogP contribution in [0.5, 0.6) is 0 Å². The van der Waals surface area contributed by atoms with Gasteiger partial charge >= 0.3 is 0 Å². The number of likely N-dealkylation sites (tertiary alicyclic amines) is 1.